The van der Waals surface area contributed by atoms with Gasteiger partial charge in [-0.25, -0.2) is 4.79 Å². The lowest BCUT2D eigenvalue weighted by molar-refractivity contribution is 0.101. The molecule has 2 aliphatic rings. The molecule has 2 saturated heterocycles. The molecule has 0 radical (unpaired) electrons. The smallest absolute Gasteiger partial charge is 0.414 e. The summed E-state index contributed by atoms with van der Waals surface area (Å²) in [5, 5.41) is 0. The van der Waals surface area contributed by atoms with Crippen molar-refractivity contribution in [1.29, 1.82) is 0 Å². The minimum atomic E-state index is -0.241. The predicted molar refractivity (Wildman–Crippen MR) is 118 cm³/mol. The topological polar surface area (TPSA) is 42.0 Å². The Bertz CT molecular complexity index is 845. The van der Waals surface area contributed by atoms with E-state index in [9.17, 15) is 4.79 Å². The van der Waals surface area contributed by atoms with Crippen LogP contribution in [0.2, 0.25) is 0 Å². The molecule has 154 valence electrons. The average Bonchev–Trinajstić information content (AvgIpc) is 3.18. The molecule has 2 fully saturated rings. The number of nitrogens with zero attached hydrogens (tertiary/aromatic N) is 2. The molecule has 0 aliphatic carbocycles. The average molecular weight is 459 g/mol. The van der Waals surface area contributed by atoms with Crippen molar-refractivity contribution in [2.24, 2.45) is 11.8 Å². The second-order valence-electron chi connectivity index (χ2n) is 7.96. The van der Waals surface area contributed by atoms with Gasteiger partial charge in [0, 0.05) is 35.7 Å². The highest BCUT2D eigenvalue weighted by Crippen LogP contribution is 2.29. The minimum Gasteiger partial charge on any atom is -0.497 e. The van der Waals surface area contributed by atoms with Crippen LogP contribution in [0.3, 0.4) is 0 Å². The fourth-order valence-corrected chi connectivity index (χ4v) is 4.75. The molecule has 0 saturated carbocycles. The van der Waals surface area contributed by atoms with Crippen LogP contribution in [-0.4, -0.2) is 50.9 Å². The number of halogens is 1. The number of rotatable bonds is 6. The van der Waals surface area contributed by atoms with Gasteiger partial charge in [0.25, 0.3) is 0 Å². The largest absolute Gasteiger partial charge is 0.497 e. The lowest BCUT2D eigenvalue weighted by atomic mass is 9.98. The van der Waals surface area contributed by atoms with Gasteiger partial charge in [0.05, 0.1) is 13.7 Å². The Morgan fingerprint density at radius 1 is 1.14 bits per heavy atom. The molecule has 2 unspecified atom stereocenters. The van der Waals surface area contributed by atoms with Gasteiger partial charge >= 0.3 is 6.09 Å². The molecule has 1 amide bonds. The highest BCUT2D eigenvalue weighted by atomic mass is 79.9. The van der Waals surface area contributed by atoms with E-state index < -0.39 is 0 Å². The highest BCUT2D eigenvalue weighted by Gasteiger charge is 2.31. The van der Waals surface area contributed by atoms with E-state index in [1.807, 2.05) is 36.4 Å². The summed E-state index contributed by atoms with van der Waals surface area (Å²) < 4.78 is 12.0. The van der Waals surface area contributed by atoms with Gasteiger partial charge in [-0.2, -0.15) is 0 Å². The van der Waals surface area contributed by atoms with Gasteiger partial charge in [-0.3, -0.25) is 4.90 Å². The standard InChI is InChI=1S/C23H27BrN2O3/c1-28-21-7-8-22(24)19(12-21)11-17-9-10-25(13-17)14-18-15-26(23(27)29-16-18)20-5-3-2-4-6-20/h2-8,12,17-18H,9-11,13-16H2,1H3. The third-order valence-electron chi connectivity index (χ3n) is 5.82. The van der Waals surface area contributed by atoms with E-state index in [1.54, 1.807) is 12.0 Å². The fraction of sp³-hybridized carbons (Fsp3) is 0.435. The Hall–Kier alpha value is -2.05. The lowest BCUT2D eigenvalue weighted by Gasteiger charge is -2.34. The maximum absolute atomic E-state index is 12.2. The summed E-state index contributed by atoms with van der Waals surface area (Å²) in [6.07, 6.45) is 2.00. The number of likely N-dealkylation sites (tertiary alicyclic amines) is 1. The van der Waals surface area contributed by atoms with Crippen molar-refractivity contribution >= 4 is 27.7 Å². The lowest BCUT2D eigenvalue weighted by Crippen LogP contribution is -2.46. The first-order chi connectivity index (χ1) is 14.1. The van der Waals surface area contributed by atoms with Crippen LogP contribution in [0.1, 0.15) is 12.0 Å². The molecule has 2 heterocycles. The third kappa shape index (κ3) is 4.93. The van der Waals surface area contributed by atoms with Crippen LogP contribution in [0, 0.1) is 11.8 Å². The molecule has 2 aromatic carbocycles. The second kappa shape index (κ2) is 9.18. The summed E-state index contributed by atoms with van der Waals surface area (Å²) in [5.74, 6) is 1.87. The van der Waals surface area contributed by atoms with Crippen molar-refractivity contribution in [3.05, 3.63) is 58.6 Å². The summed E-state index contributed by atoms with van der Waals surface area (Å²) in [4.78, 5) is 16.5. The highest BCUT2D eigenvalue weighted by molar-refractivity contribution is 9.10. The first kappa shape index (κ1) is 20.2. The van der Waals surface area contributed by atoms with E-state index in [-0.39, 0.29) is 6.09 Å². The summed E-state index contributed by atoms with van der Waals surface area (Å²) in [5.41, 5.74) is 2.21. The van der Waals surface area contributed by atoms with Crippen LogP contribution >= 0.6 is 15.9 Å². The maximum Gasteiger partial charge on any atom is 0.414 e. The SMILES string of the molecule is COc1ccc(Br)c(CC2CCN(CC3COC(=O)N(c4ccccc4)C3)C2)c1. The van der Waals surface area contributed by atoms with E-state index in [4.69, 9.17) is 9.47 Å². The second-order valence-corrected chi connectivity index (χ2v) is 8.82. The predicted octanol–water partition coefficient (Wildman–Crippen LogP) is 4.60. The first-order valence-corrected chi connectivity index (χ1v) is 11.0. The number of hydrogen-bond donors (Lipinski definition) is 0. The van der Waals surface area contributed by atoms with Crippen molar-refractivity contribution in [3.8, 4) is 5.75 Å². The summed E-state index contributed by atoms with van der Waals surface area (Å²) in [7, 11) is 1.71. The molecular weight excluding hydrogens is 432 g/mol. The van der Waals surface area contributed by atoms with E-state index >= 15 is 0 Å². The monoisotopic (exact) mass is 458 g/mol. The Labute approximate surface area is 180 Å². The zero-order valence-electron chi connectivity index (χ0n) is 16.7. The number of anilines is 1. The van der Waals surface area contributed by atoms with E-state index in [1.165, 1.54) is 12.0 Å². The normalized spacial score (nSPS) is 22.6. The van der Waals surface area contributed by atoms with Crippen molar-refractivity contribution in [2.75, 3.05) is 44.8 Å². The molecule has 2 atom stereocenters. The molecular formula is C23H27BrN2O3. The van der Waals surface area contributed by atoms with E-state index in [0.29, 0.717) is 25.0 Å². The van der Waals surface area contributed by atoms with Gasteiger partial charge < -0.3 is 14.4 Å². The number of amides is 1. The van der Waals surface area contributed by atoms with Gasteiger partial charge in [-0.15, -0.1) is 0 Å². The van der Waals surface area contributed by atoms with Gasteiger partial charge in [0.2, 0.25) is 0 Å². The molecule has 6 heteroatoms. The molecule has 4 rings (SSSR count). The van der Waals surface area contributed by atoms with Gasteiger partial charge in [-0.1, -0.05) is 34.1 Å². The van der Waals surface area contributed by atoms with Crippen LogP contribution in [0.25, 0.3) is 0 Å². The number of para-hydroxylation sites is 1. The van der Waals surface area contributed by atoms with E-state index in [2.05, 4.69) is 33.0 Å². The quantitative estimate of drug-likeness (QED) is 0.634. The molecule has 2 aliphatic heterocycles. The Morgan fingerprint density at radius 3 is 2.76 bits per heavy atom. The molecule has 0 aromatic heterocycles. The van der Waals surface area contributed by atoms with Gasteiger partial charge in [0.15, 0.2) is 0 Å². The van der Waals surface area contributed by atoms with Crippen molar-refractivity contribution in [1.82, 2.24) is 4.90 Å². The summed E-state index contributed by atoms with van der Waals surface area (Å²) >= 11 is 3.67. The number of carbonyl (C=O) groups excluding carboxylic acids is 1. The van der Waals surface area contributed by atoms with Crippen molar-refractivity contribution < 1.29 is 14.3 Å². The first-order valence-electron chi connectivity index (χ1n) is 10.2. The Balaban J connectivity index is 1.32. The van der Waals surface area contributed by atoms with Crippen LogP contribution in [0.5, 0.6) is 5.75 Å². The molecule has 0 spiro atoms. The van der Waals surface area contributed by atoms with Crippen LogP contribution < -0.4 is 9.64 Å². The van der Waals surface area contributed by atoms with E-state index in [0.717, 1.165) is 42.0 Å². The zero-order valence-corrected chi connectivity index (χ0v) is 18.3. The van der Waals surface area contributed by atoms with Crippen molar-refractivity contribution in [2.45, 2.75) is 12.8 Å². The fourth-order valence-electron chi connectivity index (χ4n) is 4.34. The third-order valence-corrected chi connectivity index (χ3v) is 6.59. The number of ether oxygens (including phenoxy) is 2. The molecule has 5 nitrogen and oxygen atoms in total. The zero-order chi connectivity index (χ0) is 20.2. The molecule has 2 aromatic rings. The Morgan fingerprint density at radius 2 is 1.97 bits per heavy atom. The summed E-state index contributed by atoms with van der Waals surface area (Å²) in [6.45, 7) is 4.37. The minimum absolute atomic E-state index is 0.241. The van der Waals surface area contributed by atoms with Gasteiger partial charge in [0.1, 0.15) is 5.75 Å². The van der Waals surface area contributed by atoms with Crippen LogP contribution in [0.15, 0.2) is 53.0 Å². The molecule has 0 N–H and O–H groups in total. The van der Waals surface area contributed by atoms with Crippen LogP contribution in [-0.2, 0) is 11.2 Å². The molecule has 0 bridgehead atoms. The Kier molecular flexibility index (Phi) is 6.40. The van der Waals surface area contributed by atoms with Crippen molar-refractivity contribution in [3.63, 3.8) is 0 Å². The number of benzene rings is 2. The number of hydrogen-bond acceptors (Lipinski definition) is 4. The van der Waals surface area contributed by atoms with Crippen LogP contribution in [0.4, 0.5) is 10.5 Å². The maximum atomic E-state index is 12.2. The number of carbonyl (C=O) groups is 1. The summed E-state index contributed by atoms with van der Waals surface area (Å²) in [6, 6.07) is 16.0. The molecule has 29 heavy (non-hydrogen) atoms. The number of cyclic esters (lactones) is 1. The number of methoxy groups -OCH3 is 1. The van der Waals surface area contributed by atoms with Gasteiger partial charge in [-0.05, 0) is 61.2 Å².